The van der Waals surface area contributed by atoms with Crippen molar-refractivity contribution in [2.75, 3.05) is 0 Å². The molecule has 0 aromatic carbocycles. The van der Waals surface area contributed by atoms with Crippen LogP contribution in [0.2, 0.25) is 0 Å². The number of hydrogen-bond donors (Lipinski definition) is 0. The summed E-state index contributed by atoms with van der Waals surface area (Å²) in [5.74, 6) is 0.431. The molecule has 0 saturated heterocycles. The van der Waals surface area contributed by atoms with Gasteiger partial charge in [-0.25, -0.2) is 4.98 Å². The molecule has 0 bridgehead atoms. The molecular weight excluding hydrogens is 150 g/mol. The molecule has 0 aliphatic rings. The molecule has 0 saturated carbocycles. The van der Waals surface area contributed by atoms with Crippen LogP contribution in [0.1, 0.15) is 31.2 Å². The van der Waals surface area contributed by atoms with E-state index in [9.17, 15) is 0 Å². The minimum absolute atomic E-state index is 0.397. The lowest BCUT2D eigenvalue weighted by molar-refractivity contribution is 0.703. The highest BCUT2D eigenvalue weighted by atomic mass is 15.1. The first-order chi connectivity index (χ1) is 5.66. The molecule has 1 aromatic rings. The van der Waals surface area contributed by atoms with Crippen molar-refractivity contribution in [2.24, 2.45) is 0 Å². The Labute approximate surface area is 72.7 Å². The molecule has 0 aliphatic carbocycles. The van der Waals surface area contributed by atoms with Gasteiger partial charge in [0.15, 0.2) is 0 Å². The highest BCUT2D eigenvalue weighted by Crippen LogP contribution is 2.17. The van der Waals surface area contributed by atoms with Gasteiger partial charge in [0.1, 0.15) is 6.54 Å². The van der Waals surface area contributed by atoms with Gasteiger partial charge in [0, 0.05) is 5.69 Å². The van der Waals surface area contributed by atoms with Gasteiger partial charge in [-0.3, -0.25) is 0 Å². The van der Waals surface area contributed by atoms with Gasteiger partial charge in [0.25, 0.3) is 0 Å². The van der Waals surface area contributed by atoms with Crippen molar-refractivity contribution in [1.82, 2.24) is 9.55 Å². The van der Waals surface area contributed by atoms with E-state index < -0.39 is 0 Å². The summed E-state index contributed by atoms with van der Waals surface area (Å²) >= 11 is 0. The Kier molecular flexibility index (Phi) is 2.49. The summed E-state index contributed by atoms with van der Waals surface area (Å²) in [5, 5.41) is 8.54. The van der Waals surface area contributed by atoms with Gasteiger partial charge >= 0.3 is 0 Å². The summed E-state index contributed by atoms with van der Waals surface area (Å²) in [6.45, 7) is 6.59. The zero-order chi connectivity index (χ0) is 9.14. The van der Waals surface area contributed by atoms with Crippen molar-refractivity contribution >= 4 is 0 Å². The van der Waals surface area contributed by atoms with Gasteiger partial charge in [-0.1, -0.05) is 13.8 Å². The Hall–Kier alpha value is -1.30. The van der Waals surface area contributed by atoms with Crippen LogP contribution in [0.15, 0.2) is 6.33 Å². The smallest absolute Gasteiger partial charge is 0.111 e. The van der Waals surface area contributed by atoms with Gasteiger partial charge in [-0.05, 0) is 12.8 Å². The second-order valence-electron chi connectivity index (χ2n) is 3.16. The summed E-state index contributed by atoms with van der Waals surface area (Å²) in [6.07, 6.45) is 1.73. The van der Waals surface area contributed by atoms with Crippen molar-refractivity contribution in [2.45, 2.75) is 33.2 Å². The van der Waals surface area contributed by atoms with Gasteiger partial charge in [-0.15, -0.1) is 0 Å². The van der Waals surface area contributed by atoms with E-state index in [-0.39, 0.29) is 0 Å². The summed E-state index contributed by atoms with van der Waals surface area (Å²) in [7, 11) is 0. The second kappa shape index (κ2) is 3.40. The van der Waals surface area contributed by atoms with Gasteiger partial charge in [-0.2, -0.15) is 5.26 Å². The van der Waals surface area contributed by atoms with Crippen LogP contribution >= 0.6 is 0 Å². The van der Waals surface area contributed by atoms with E-state index in [1.165, 1.54) is 0 Å². The standard InChI is InChI=1S/C9H13N3/c1-7(2)9-8(3)11-6-12(9)5-4-10/h6-7H,5H2,1-3H3. The zero-order valence-corrected chi connectivity index (χ0v) is 7.70. The van der Waals surface area contributed by atoms with Crippen LogP contribution in [-0.4, -0.2) is 9.55 Å². The third kappa shape index (κ3) is 1.48. The van der Waals surface area contributed by atoms with Crippen LogP contribution in [0.3, 0.4) is 0 Å². The Morgan fingerprint density at radius 3 is 2.83 bits per heavy atom. The topological polar surface area (TPSA) is 41.6 Å². The summed E-state index contributed by atoms with van der Waals surface area (Å²) in [5.41, 5.74) is 2.19. The second-order valence-corrected chi connectivity index (χ2v) is 3.16. The van der Waals surface area contributed by atoms with E-state index in [0.717, 1.165) is 11.4 Å². The van der Waals surface area contributed by atoms with Crippen molar-refractivity contribution in [3.05, 3.63) is 17.7 Å². The number of imidazole rings is 1. The predicted molar refractivity (Wildman–Crippen MR) is 46.7 cm³/mol. The molecule has 1 rings (SSSR count). The molecule has 3 nitrogen and oxygen atoms in total. The molecule has 64 valence electrons. The zero-order valence-electron chi connectivity index (χ0n) is 7.70. The Morgan fingerprint density at radius 1 is 1.67 bits per heavy atom. The quantitative estimate of drug-likeness (QED) is 0.667. The number of hydrogen-bond acceptors (Lipinski definition) is 2. The first-order valence-corrected chi connectivity index (χ1v) is 4.05. The lowest BCUT2D eigenvalue weighted by Crippen LogP contribution is -2.03. The third-order valence-corrected chi connectivity index (χ3v) is 1.86. The molecule has 1 aromatic heterocycles. The molecule has 3 heteroatoms. The van der Waals surface area contributed by atoms with Crippen LogP contribution in [-0.2, 0) is 6.54 Å². The molecule has 0 spiro atoms. The fourth-order valence-electron chi connectivity index (χ4n) is 1.44. The maximum absolute atomic E-state index is 8.54. The average molecular weight is 163 g/mol. The van der Waals surface area contributed by atoms with Gasteiger partial charge in [0.05, 0.1) is 18.1 Å². The minimum atomic E-state index is 0.397. The Balaban J connectivity index is 3.05. The number of aromatic nitrogens is 2. The van der Waals surface area contributed by atoms with E-state index >= 15 is 0 Å². The fraction of sp³-hybridized carbons (Fsp3) is 0.556. The van der Waals surface area contributed by atoms with Crippen LogP contribution < -0.4 is 0 Å². The van der Waals surface area contributed by atoms with E-state index in [1.807, 2.05) is 11.5 Å². The Morgan fingerprint density at radius 2 is 2.33 bits per heavy atom. The number of aryl methyl sites for hydroxylation is 1. The predicted octanol–water partition coefficient (Wildman–Crippen LogP) is 1.84. The highest BCUT2D eigenvalue weighted by Gasteiger charge is 2.09. The molecule has 0 fully saturated rings. The third-order valence-electron chi connectivity index (χ3n) is 1.86. The van der Waals surface area contributed by atoms with Crippen LogP contribution in [0.4, 0.5) is 0 Å². The summed E-state index contributed by atoms with van der Waals surface area (Å²) in [6, 6.07) is 2.12. The highest BCUT2D eigenvalue weighted by molar-refractivity contribution is 5.15. The first kappa shape index (κ1) is 8.79. The van der Waals surface area contributed by atoms with Crippen LogP contribution in [0, 0.1) is 18.3 Å². The largest absolute Gasteiger partial charge is 0.320 e. The SMILES string of the molecule is Cc1ncn(CC#N)c1C(C)C. The van der Waals surface area contributed by atoms with Crippen molar-refractivity contribution < 1.29 is 0 Å². The van der Waals surface area contributed by atoms with E-state index in [4.69, 9.17) is 5.26 Å². The van der Waals surface area contributed by atoms with Gasteiger partial charge < -0.3 is 4.57 Å². The van der Waals surface area contributed by atoms with Crippen molar-refractivity contribution in [3.63, 3.8) is 0 Å². The fourth-order valence-corrected chi connectivity index (χ4v) is 1.44. The van der Waals surface area contributed by atoms with Crippen molar-refractivity contribution in [3.8, 4) is 6.07 Å². The molecule has 0 amide bonds. The summed E-state index contributed by atoms with van der Waals surface area (Å²) < 4.78 is 1.90. The number of nitrogens with zero attached hydrogens (tertiary/aromatic N) is 3. The van der Waals surface area contributed by atoms with Crippen LogP contribution in [0.5, 0.6) is 0 Å². The molecule has 0 N–H and O–H groups in total. The maximum Gasteiger partial charge on any atom is 0.111 e. The molecular formula is C9H13N3. The lowest BCUT2D eigenvalue weighted by atomic mass is 10.1. The summed E-state index contributed by atoms with van der Waals surface area (Å²) in [4.78, 5) is 4.17. The molecule has 1 heterocycles. The normalized spacial score (nSPS) is 10.2. The monoisotopic (exact) mass is 163 g/mol. The van der Waals surface area contributed by atoms with Gasteiger partial charge in [0.2, 0.25) is 0 Å². The lowest BCUT2D eigenvalue weighted by Gasteiger charge is -2.08. The van der Waals surface area contributed by atoms with Crippen molar-refractivity contribution in [1.29, 1.82) is 5.26 Å². The molecule has 12 heavy (non-hydrogen) atoms. The molecule has 0 aliphatic heterocycles. The van der Waals surface area contributed by atoms with E-state index in [2.05, 4.69) is 24.9 Å². The minimum Gasteiger partial charge on any atom is -0.320 e. The van der Waals surface area contributed by atoms with E-state index in [0.29, 0.717) is 12.5 Å². The molecule has 0 atom stereocenters. The van der Waals surface area contributed by atoms with E-state index in [1.54, 1.807) is 6.33 Å². The maximum atomic E-state index is 8.54. The molecule has 0 radical (unpaired) electrons. The first-order valence-electron chi connectivity index (χ1n) is 4.05. The molecule has 0 unspecified atom stereocenters. The Bertz CT molecular complexity index is 304. The number of nitriles is 1. The van der Waals surface area contributed by atoms with Crippen LogP contribution in [0.25, 0.3) is 0 Å². The average Bonchev–Trinajstić information content (AvgIpc) is 2.32. The number of rotatable bonds is 2.